The molecule has 0 unspecified atom stereocenters. The van der Waals surface area contributed by atoms with Gasteiger partial charge in [0, 0.05) is 49.2 Å². The third kappa shape index (κ3) is 5.59. The highest BCUT2D eigenvalue weighted by atomic mass is 19.4. The molecule has 0 saturated heterocycles. The second-order valence-corrected chi connectivity index (χ2v) is 8.23. The number of nitrogens with one attached hydrogen (secondary N) is 1. The molecular weight excluding hydrogens is 459 g/mol. The molecule has 1 aromatic carbocycles. The topological polar surface area (TPSA) is 80.1 Å². The van der Waals surface area contributed by atoms with Crippen molar-refractivity contribution < 1.29 is 22.8 Å². The number of likely N-dealkylation sites (N-methyl/N-ethyl adjacent to an activating group) is 1. The molecule has 0 aliphatic heterocycles. The van der Waals surface area contributed by atoms with Crippen LogP contribution >= 0.6 is 0 Å². The van der Waals surface area contributed by atoms with Gasteiger partial charge in [-0.3, -0.25) is 19.3 Å². The Hall–Kier alpha value is -3.95. The minimum absolute atomic E-state index is 0.0830. The van der Waals surface area contributed by atoms with E-state index in [1.807, 2.05) is 6.07 Å². The molecule has 4 rings (SSSR count). The van der Waals surface area contributed by atoms with Crippen molar-refractivity contribution in [1.29, 1.82) is 0 Å². The molecule has 7 nitrogen and oxygen atoms in total. The van der Waals surface area contributed by atoms with Gasteiger partial charge >= 0.3 is 6.18 Å². The third-order valence-corrected chi connectivity index (χ3v) is 5.80. The summed E-state index contributed by atoms with van der Waals surface area (Å²) in [5, 5.41) is 6.41. The van der Waals surface area contributed by atoms with E-state index in [4.69, 9.17) is 0 Å². The molecule has 1 atom stereocenters. The average molecular weight is 483 g/mol. The van der Waals surface area contributed by atoms with Crippen LogP contribution in [0.2, 0.25) is 0 Å². The molecule has 0 saturated carbocycles. The monoisotopic (exact) mass is 483 g/mol. The van der Waals surface area contributed by atoms with E-state index in [0.717, 1.165) is 10.2 Å². The Bertz CT molecular complexity index is 1220. The second kappa shape index (κ2) is 10.1. The van der Waals surface area contributed by atoms with Gasteiger partial charge in [0.2, 0.25) is 11.8 Å². The van der Waals surface area contributed by atoms with Crippen LogP contribution in [0.15, 0.2) is 67.0 Å². The minimum Gasteiger partial charge on any atom is -0.342 e. The van der Waals surface area contributed by atoms with Gasteiger partial charge in [0.25, 0.3) is 0 Å². The van der Waals surface area contributed by atoms with Gasteiger partial charge in [-0.1, -0.05) is 36.4 Å². The number of hydrogen-bond acceptors (Lipinski definition) is 4. The van der Waals surface area contributed by atoms with Gasteiger partial charge in [-0.05, 0) is 30.2 Å². The molecule has 1 N–H and O–H groups in total. The number of pyridine rings is 1. The number of alkyl halides is 3. The number of fused-ring (bicyclic) bond motifs is 1. The molecular formula is C25H24F3N5O2. The van der Waals surface area contributed by atoms with E-state index in [1.165, 1.54) is 4.90 Å². The Morgan fingerprint density at radius 1 is 1.11 bits per heavy atom. The number of para-hydroxylation sites is 1. The smallest absolute Gasteiger partial charge is 0.342 e. The maximum Gasteiger partial charge on any atom is 0.435 e. The summed E-state index contributed by atoms with van der Waals surface area (Å²) < 4.78 is 41.5. The Kier molecular flexibility index (Phi) is 6.99. The molecule has 35 heavy (non-hydrogen) atoms. The van der Waals surface area contributed by atoms with Gasteiger partial charge in [0.15, 0.2) is 5.69 Å². The van der Waals surface area contributed by atoms with Crippen molar-refractivity contribution in [2.45, 2.75) is 38.0 Å². The van der Waals surface area contributed by atoms with Crippen molar-refractivity contribution in [2.24, 2.45) is 0 Å². The largest absolute Gasteiger partial charge is 0.435 e. The van der Waals surface area contributed by atoms with Crippen LogP contribution in [0.3, 0.4) is 0 Å². The summed E-state index contributed by atoms with van der Waals surface area (Å²) in [6.45, 7) is -0.432. The maximum atomic E-state index is 13.5. The number of benzene rings is 1. The molecule has 0 radical (unpaired) electrons. The number of hydrogen-bond donors (Lipinski definition) is 1. The number of allylic oxidation sites excluding steroid dienone is 2. The van der Waals surface area contributed by atoms with Gasteiger partial charge in [-0.2, -0.15) is 18.3 Å². The minimum atomic E-state index is -4.62. The van der Waals surface area contributed by atoms with E-state index in [9.17, 15) is 22.8 Å². The third-order valence-electron chi connectivity index (χ3n) is 5.80. The second-order valence-electron chi connectivity index (χ2n) is 8.23. The molecule has 3 aromatic rings. The zero-order valence-electron chi connectivity index (χ0n) is 19.0. The maximum absolute atomic E-state index is 13.5. The van der Waals surface area contributed by atoms with Crippen LogP contribution in [-0.4, -0.2) is 39.7 Å². The normalized spacial score (nSPS) is 13.7. The van der Waals surface area contributed by atoms with Crippen molar-refractivity contribution >= 4 is 17.5 Å². The summed E-state index contributed by atoms with van der Waals surface area (Å²) in [5.41, 5.74) is 0.835. The van der Waals surface area contributed by atoms with Crippen molar-refractivity contribution in [3.63, 3.8) is 0 Å². The van der Waals surface area contributed by atoms with Crippen LogP contribution < -0.4 is 10.2 Å². The van der Waals surface area contributed by atoms with Crippen LogP contribution in [-0.2, 0) is 41.6 Å². The summed E-state index contributed by atoms with van der Waals surface area (Å²) >= 11 is 0. The number of anilines is 1. The number of carbonyl (C=O) groups is 2. The first-order valence-electron chi connectivity index (χ1n) is 11.1. The number of nitrogens with zero attached hydrogens (tertiary/aromatic N) is 4. The van der Waals surface area contributed by atoms with Crippen molar-refractivity contribution in [1.82, 2.24) is 20.1 Å². The Morgan fingerprint density at radius 3 is 2.54 bits per heavy atom. The first-order chi connectivity index (χ1) is 16.7. The Morgan fingerprint density at radius 2 is 1.86 bits per heavy atom. The summed E-state index contributed by atoms with van der Waals surface area (Å²) in [6.07, 6.45) is 2.52. The molecule has 2 heterocycles. The number of halogens is 3. The highest BCUT2D eigenvalue weighted by molar-refractivity contribution is 5.99. The fraction of sp³-hybridized carbons (Fsp3) is 0.280. The van der Waals surface area contributed by atoms with Gasteiger partial charge < -0.3 is 10.2 Å². The molecule has 0 fully saturated rings. The molecule has 1 aliphatic rings. The van der Waals surface area contributed by atoms with Gasteiger partial charge in [-0.15, -0.1) is 0 Å². The van der Waals surface area contributed by atoms with Crippen LogP contribution in [0.1, 0.15) is 22.5 Å². The molecule has 182 valence electrons. The summed E-state index contributed by atoms with van der Waals surface area (Å²) in [4.78, 5) is 31.8. The zero-order valence-corrected chi connectivity index (χ0v) is 19.0. The van der Waals surface area contributed by atoms with Crippen LogP contribution in [0, 0.1) is 0 Å². The SMILES string of the molecule is CN(C(=O)[C@H](Cc1cccnc1)NC(=O)Cn1nc(C(F)(F)F)c2c1CC=CC2)c1ccccc1. The number of amides is 2. The number of carbonyl (C=O) groups excluding carboxylic acids is 2. The van der Waals surface area contributed by atoms with Crippen LogP contribution in [0.5, 0.6) is 0 Å². The standard InChI is InChI=1S/C25H24F3N5O2/c1-32(18-9-3-2-4-10-18)24(35)20(14-17-8-7-13-29-15-17)30-22(34)16-33-21-12-6-5-11-19(21)23(31-33)25(26,27)28/h2-10,13,15,20H,11-12,14,16H2,1H3,(H,30,34)/t20-/m0/s1. The predicted molar refractivity (Wildman–Crippen MR) is 124 cm³/mol. The fourth-order valence-corrected chi connectivity index (χ4v) is 4.07. The van der Waals surface area contributed by atoms with Crippen LogP contribution in [0.25, 0.3) is 0 Å². The van der Waals surface area contributed by atoms with Gasteiger partial charge in [0.05, 0.1) is 0 Å². The lowest BCUT2D eigenvalue weighted by molar-refractivity contribution is -0.142. The van der Waals surface area contributed by atoms with Gasteiger partial charge in [0.1, 0.15) is 12.6 Å². The predicted octanol–water partition coefficient (Wildman–Crippen LogP) is 3.34. The van der Waals surface area contributed by atoms with E-state index < -0.39 is 30.4 Å². The van der Waals surface area contributed by atoms with Crippen molar-refractivity contribution in [3.05, 3.63) is 89.5 Å². The lowest BCUT2D eigenvalue weighted by Crippen LogP contribution is -2.49. The lowest BCUT2D eigenvalue weighted by atomic mass is 10.0. The fourth-order valence-electron chi connectivity index (χ4n) is 4.07. The van der Waals surface area contributed by atoms with E-state index in [0.29, 0.717) is 11.4 Å². The highest BCUT2D eigenvalue weighted by Gasteiger charge is 2.39. The summed E-state index contributed by atoms with van der Waals surface area (Å²) in [6, 6.07) is 11.5. The van der Waals surface area contributed by atoms with Crippen molar-refractivity contribution in [3.8, 4) is 0 Å². The van der Waals surface area contributed by atoms with E-state index in [2.05, 4.69) is 15.4 Å². The summed E-state index contributed by atoms with van der Waals surface area (Å²) in [7, 11) is 1.60. The highest BCUT2D eigenvalue weighted by Crippen LogP contribution is 2.34. The lowest BCUT2D eigenvalue weighted by Gasteiger charge is -2.25. The molecule has 0 bridgehead atoms. The Balaban J connectivity index is 1.56. The first-order valence-corrected chi connectivity index (χ1v) is 11.1. The average Bonchev–Trinajstić information content (AvgIpc) is 3.23. The zero-order chi connectivity index (χ0) is 25.0. The molecule has 1 aliphatic carbocycles. The van der Waals surface area contributed by atoms with E-state index in [-0.39, 0.29) is 30.7 Å². The van der Waals surface area contributed by atoms with E-state index >= 15 is 0 Å². The molecule has 2 aromatic heterocycles. The molecule has 0 spiro atoms. The van der Waals surface area contributed by atoms with E-state index in [1.54, 1.807) is 68.0 Å². The molecule has 2 amide bonds. The molecule has 10 heteroatoms. The number of rotatable bonds is 7. The van der Waals surface area contributed by atoms with Crippen LogP contribution in [0.4, 0.5) is 18.9 Å². The first kappa shape index (κ1) is 24.2. The van der Waals surface area contributed by atoms with Crippen molar-refractivity contribution in [2.75, 3.05) is 11.9 Å². The summed E-state index contributed by atoms with van der Waals surface area (Å²) in [5.74, 6) is -0.975. The number of aromatic nitrogens is 3. The van der Waals surface area contributed by atoms with Gasteiger partial charge in [-0.25, -0.2) is 0 Å². The Labute approximate surface area is 200 Å². The quantitative estimate of drug-likeness (QED) is 0.523.